The smallest absolute Gasteiger partial charge is 0.273 e. The Labute approximate surface area is 167 Å². The van der Waals surface area contributed by atoms with Crippen molar-refractivity contribution in [3.8, 4) is 5.75 Å². The van der Waals surface area contributed by atoms with Crippen LogP contribution in [0.15, 0.2) is 30.5 Å². The molecule has 0 spiro atoms. The SMILES string of the molecule is COc1ccc(Cn2cc(C(=O)NCCCN3C(C)CCCC3C)nn2)cc1. The second-order valence-corrected chi connectivity index (χ2v) is 7.63. The van der Waals surface area contributed by atoms with E-state index in [9.17, 15) is 4.79 Å². The van der Waals surface area contributed by atoms with Crippen LogP contribution in [-0.2, 0) is 6.54 Å². The van der Waals surface area contributed by atoms with Gasteiger partial charge in [0.1, 0.15) is 5.75 Å². The summed E-state index contributed by atoms with van der Waals surface area (Å²) in [7, 11) is 1.64. The summed E-state index contributed by atoms with van der Waals surface area (Å²) < 4.78 is 6.84. The van der Waals surface area contributed by atoms with Crippen LogP contribution in [0.25, 0.3) is 0 Å². The van der Waals surface area contributed by atoms with Gasteiger partial charge in [0.15, 0.2) is 5.69 Å². The molecule has 7 heteroatoms. The molecular weight excluding hydrogens is 354 g/mol. The summed E-state index contributed by atoms with van der Waals surface area (Å²) in [5.74, 6) is 0.650. The molecule has 1 fully saturated rings. The first kappa shape index (κ1) is 20.3. The van der Waals surface area contributed by atoms with E-state index in [2.05, 4.69) is 34.4 Å². The number of likely N-dealkylation sites (tertiary alicyclic amines) is 1. The standard InChI is InChI=1S/C21H31N5O2/c1-16-6-4-7-17(2)26(16)13-5-12-22-21(27)20-15-25(24-23-20)14-18-8-10-19(28-3)11-9-18/h8-11,15-17H,4-7,12-14H2,1-3H3,(H,22,27). The minimum Gasteiger partial charge on any atom is -0.497 e. The molecule has 0 radical (unpaired) electrons. The number of amides is 1. The van der Waals surface area contributed by atoms with E-state index >= 15 is 0 Å². The maximum absolute atomic E-state index is 12.3. The quantitative estimate of drug-likeness (QED) is 0.708. The summed E-state index contributed by atoms with van der Waals surface area (Å²) in [5.41, 5.74) is 1.43. The first-order valence-corrected chi connectivity index (χ1v) is 10.1. The third-order valence-corrected chi connectivity index (χ3v) is 5.53. The molecule has 1 aromatic carbocycles. The monoisotopic (exact) mass is 385 g/mol. The number of nitrogens with one attached hydrogen (secondary N) is 1. The Morgan fingerprint density at radius 3 is 2.61 bits per heavy atom. The minimum atomic E-state index is -0.166. The molecule has 3 rings (SSSR count). The molecule has 0 saturated carbocycles. The molecule has 0 bridgehead atoms. The summed E-state index contributed by atoms with van der Waals surface area (Å²) in [6, 6.07) is 9.04. The number of ether oxygens (including phenoxy) is 1. The lowest BCUT2D eigenvalue weighted by atomic mass is 9.97. The van der Waals surface area contributed by atoms with Crippen LogP contribution in [0, 0.1) is 0 Å². The van der Waals surface area contributed by atoms with Gasteiger partial charge in [0.05, 0.1) is 19.9 Å². The number of hydrogen-bond acceptors (Lipinski definition) is 5. The van der Waals surface area contributed by atoms with Gasteiger partial charge in [0, 0.05) is 25.2 Å². The molecule has 1 amide bonds. The van der Waals surface area contributed by atoms with Crippen LogP contribution < -0.4 is 10.1 Å². The van der Waals surface area contributed by atoms with Crippen molar-refractivity contribution in [3.05, 3.63) is 41.7 Å². The number of aromatic nitrogens is 3. The Bertz CT molecular complexity index is 748. The third-order valence-electron chi connectivity index (χ3n) is 5.53. The summed E-state index contributed by atoms with van der Waals surface area (Å²) in [6.07, 6.45) is 6.50. The fourth-order valence-corrected chi connectivity index (χ4v) is 3.87. The number of piperidine rings is 1. The van der Waals surface area contributed by atoms with E-state index < -0.39 is 0 Å². The summed E-state index contributed by atoms with van der Waals surface area (Å²) in [5, 5.41) is 11.0. The largest absolute Gasteiger partial charge is 0.497 e. The third kappa shape index (κ3) is 5.32. The highest BCUT2D eigenvalue weighted by Gasteiger charge is 2.23. The van der Waals surface area contributed by atoms with Gasteiger partial charge in [-0.1, -0.05) is 23.8 Å². The average Bonchev–Trinajstić information content (AvgIpc) is 3.16. The molecule has 2 heterocycles. The molecule has 2 unspecified atom stereocenters. The van der Waals surface area contributed by atoms with E-state index in [0.717, 1.165) is 24.3 Å². The van der Waals surface area contributed by atoms with Crippen LogP contribution in [-0.4, -0.2) is 58.1 Å². The molecule has 2 aromatic rings. The van der Waals surface area contributed by atoms with E-state index in [0.29, 0.717) is 30.9 Å². The van der Waals surface area contributed by atoms with Gasteiger partial charge in [-0.25, -0.2) is 4.68 Å². The molecule has 0 aliphatic carbocycles. The molecule has 7 nitrogen and oxygen atoms in total. The van der Waals surface area contributed by atoms with Crippen molar-refractivity contribution in [3.63, 3.8) is 0 Å². The van der Waals surface area contributed by atoms with Crippen molar-refractivity contribution in [2.75, 3.05) is 20.2 Å². The van der Waals surface area contributed by atoms with Crippen LogP contribution >= 0.6 is 0 Å². The summed E-state index contributed by atoms with van der Waals surface area (Å²) in [4.78, 5) is 14.9. The highest BCUT2D eigenvalue weighted by Crippen LogP contribution is 2.22. The number of methoxy groups -OCH3 is 1. The maximum Gasteiger partial charge on any atom is 0.273 e. The van der Waals surface area contributed by atoms with E-state index in [4.69, 9.17) is 4.74 Å². The van der Waals surface area contributed by atoms with Crippen LogP contribution in [0.5, 0.6) is 5.75 Å². The number of benzene rings is 1. The average molecular weight is 386 g/mol. The normalized spacial score (nSPS) is 20.1. The molecule has 152 valence electrons. The Balaban J connectivity index is 1.43. The van der Waals surface area contributed by atoms with Crippen LogP contribution in [0.3, 0.4) is 0 Å². The Morgan fingerprint density at radius 1 is 1.21 bits per heavy atom. The molecule has 1 saturated heterocycles. The summed E-state index contributed by atoms with van der Waals surface area (Å²) in [6.45, 7) is 6.84. The van der Waals surface area contributed by atoms with Gasteiger partial charge in [-0.15, -0.1) is 5.10 Å². The van der Waals surface area contributed by atoms with Crippen molar-refractivity contribution in [1.82, 2.24) is 25.2 Å². The zero-order valence-electron chi connectivity index (χ0n) is 17.1. The Kier molecular flexibility index (Phi) is 7.03. The van der Waals surface area contributed by atoms with Gasteiger partial charge in [-0.3, -0.25) is 9.69 Å². The van der Waals surface area contributed by atoms with Gasteiger partial charge < -0.3 is 10.1 Å². The zero-order chi connectivity index (χ0) is 19.9. The van der Waals surface area contributed by atoms with Crippen LogP contribution in [0.4, 0.5) is 0 Å². The number of carbonyl (C=O) groups is 1. The lowest BCUT2D eigenvalue weighted by Crippen LogP contribution is -2.44. The molecule has 1 aliphatic rings. The lowest BCUT2D eigenvalue weighted by molar-refractivity contribution is 0.0921. The van der Waals surface area contributed by atoms with Crippen LogP contribution in [0.2, 0.25) is 0 Å². The highest BCUT2D eigenvalue weighted by atomic mass is 16.5. The van der Waals surface area contributed by atoms with E-state index in [1.165, 1.54) is 19.3 Å². The Morgan fingerprint density at radius 2 is 1.93 bits per heavy atom. The van der Waals surface area contributed by atoms with E-state index in [-0.39, 0.29) is 5.91 Å². The zero-order valence-corrected chi connectivity index (χ0v) is 17.1. The van der Waals surface area contributed by atoms with E-state index in [1.54, 1.807) is 18.0 Å². The topological polar surface area (TPSA) is 72.3 Å². The van der Waals surface area contributed by atoms with E-state index in [1.807, 2.05) is 24.3 Å². The van der Waals surface area contributed by atoms with Crippen molar-refractivity contribution < 1.29 is 9.53 Å². The molecule has 1 N–H and O–H groups in total. The predicted molar refractivity (Wildman–Crippen MR) is 109 cm³/mol. The fraction of sp³-hybridized carbons (Fsp3) is 0.571. The van der Waals surface area contributed by atoms with Gasteiger partial charge >= 0.3 is 0 Å². The number of nitrogens with zero attached hydrogens (tertiary/aromatic N) is 4. The van der Waals surface area contributed by atoms with Gasteiger partial charge in [0.2, 0.25) is 0 Å². The number of carbonyl (C=O) groups excluding carboxylic acids is 1. The van der Waals surface area contributed by atoms with Crippen molar-refractivity contribution >= 4 is 5.91 Å². The van der Waals surface area contributed by atoms with Crippen molar-refractivity contribution in [2.24, 2.45) is 0 Å². The Hall–Kier alpha value is -2.41. The molecular formula is C21H31N5O2. The molecule has 28 heavy (non-hydrogen) atoms. The highest BCUT2D eigenvalue weighted by molar-refractivity contribution is 5.91. The van der Waals surface area contributed by atoms with Gasteiger partial charge in [-0.05, 0) is 50.8 Å². The molecule has 1 aliphatic heterocycles. The fourth-order valence-electron chi connectivity index (χ4n) is 3.87. The number of hydrogen-bond donors (Lipinski definition) is 1. The molecule has 2 atom stereocenters. The van der Waals surface area contributed by atoms with Gasteiger partial charge in [-0.2, -0.15) is 0 Å². The second-order valence-electron chi connectivity index (χ2n) is 7.63. The first-order valence-electron chi connectivity index (χ1n) is 10.1. The summed E-state index contributed by atoms with van der Waals surface area (Å²) >= 11 is 0. The first-order chi connectivity index (χ1) is 13.6. The minimum absolute atomic E-state index is 0.166. The lowest BCUT2D eigenvalue weighted by Gasteiger charge is -2.39. The second kappa shape index (κ2) is 9.68. The van der Waals surface area contributed by atoms with Gasteiger partial charge in [0.25, 0.3) is 5.91 Å². The number of rotatable bonds is 8. The predicted octanol–water partition coefficient (Wildman–Crippen LogP) is 2.72. The van der Waals surface area contributed by atoms with Crippen molar-refractivity contribution in [2.45, 2.75) is 58.2 Å². The van der Waals surface area contributed by atoms with Crippen molar-refractivity contribution in [1.29, 1.82) is 0 Å². The van der Waals surface area contributed by atoms with Crippen LogP contribution in [0.1, 0.15) is 55.6 Å². The molecule has 1 aromatic heterocycles. The maximum atomic E-state index is 12.3.